The number of aromatic amines is 1. The molecule has 2 N–H and O–H groups in total. The van der Waals surface area contributed by atoms with Gasteiger partial charge >= 0.3 is 5.69 Å². The summed E-state index contributed by atoms with van der Waals surface area (Å²) in [6, 6.07) is 11.0. The van der Waals surface area contributed by atoms with E-state index in [9.17, 15) is 14.7 Å². The Balaban J connectivity index is 1.71. The van der Waals surface area contributed by atoms with Crippen molar-refractivity contribution in [1.82, 2.24) is 19.5 Å². The predicted octanol–water partition coefficient (Wildman–Crippen LogP) is 2.50. The second kappa shape index (κ2) is 8.36. The van der Waals surface area contributed by atoms with Crippen molar-refractivity contribution >= 4 is 6.21 Å². The lowest BCUT2D eigenvalue weighted by Crippen LogP contribution is -2.32. The molecule has 1 fully saturated rings. The summed E-state index contributed by atoms with van der Waals surface area (Å²) >= 11 is 0. The molecule has 0 radical (unpaired) electrons. The van der Waals surface area contributed by atoms with Gasteiger partial charge in [0.25, 0.3) is 5.56 Å². The van der Waals surface area contributed by atoms with Crippen LogP contribution in [0.3, 0.4) is 0 Å². The topological polar surface area (TPSA) is 104 Å². The van der Waals surface area contributed by atoms with Gasteiger partial charge in [-0.15, -0.1) is 0 Å². The van der Waals surface area contributed by atoms with Crippen LogP contribution in [0.15, 0.2) is 63.5 Å². The quantitative estimate of drug-likeness (QED) is 0.649. The second-order valence-electron chi connectivity index (χ2n) is 7.37. The van der Waals surface area contributed by atoms with E-state index < -0.39 is 17.1 Å². The minimum absolute atomic E-state index is 0.0490. The van der Waals surface area contributed by atoms with Crippen LogP contribution in [0, 0.1) is 6.92 Å². The first-order valence-corrected chi connectivity index (χ1v) is 9.90. The molecule has 4 rings (SSSR count). The van der Waals surface area contributed by atoms with Crippen LogP contribution in [-0.4, -0.2) is 37.4 Å². The fourth-order valence-corrected chi connectivity index (χ4v) is 3.69. The number of aryl methyl sites for hydroxylation is 1. The van der Waals surface area contributed by atoms with Crippen LogP contribution in [0.2, 0.25) is 0 Å². The molecule has 1 aliphatic rings. The Morgan fingerprint density at radius 3 is 2.73 bits per heavy atom. The largest absolute Gasteiger partial charge is 0.493 e. The minimum Gasteiger partial charge on any atom is -0.493 e. The van der Waals surface area contributed by atoms with E-state index in [-0.39, 0.29) is 11.6 Å². The molecular formula is C22H23N5O3. The smallest absolute Gasteiger partial charge is 0.335 e. The van der Waals surface area contributed by atoms with E-state index in [1.807, 2.05) is 42.4 Å². The van der Waals surface area contributed by atoms with Crippen LogP contribution < -0.4 is 11.2 Å². The zero-order valence-electron chi connectivity index (χ0n) is 16.7. The molecule has 1 saturated heterocycles. The first-order chi connectivity index (χ1) is 14.5. The van der Waals surface area contributed by atoms with Crippen molar-refractivity contribution in [3.8, 4) is 11.6 Å². The molecule has 154 valence electrons. The molecule has 2 aromatic heterocycles. The monoisotopic (exact) mass is 405 g/mol. The van der Waals surface area contributed by atoms with E-state index in [0.717, 1.165) is 41.5 Å². The summed E-state index contributed by atoms with van der Waals surface area (Å²) in [4.78, 5) is 31.2. The molecule has 0 aliphatic carbocycles. The number of benzene rings is 1. The number of H-pyrrole nitrogens is 1. The van der Waals surface area contributed by atoms with Crippen LogP contribution in [0.5, 0.6) is 5.88 Å². The minimum atomic E-state index is -0.704. The number of aromatic nitrogens is 3. The molecule has 3 heterocycles. The van der Waals surface area contributed by atoms with E-state index in [2.05, 4.69) is 15.1 Å². The highest BCUT2D eigenvalue weighted by Gasteiger charge is 2.23. The fraction of sp³-hybridized carbons (Fsp3) is 0.273. The first-order valence-electron chi connectivity index (χ1n) is 9.90. The molecule has 0 bridgehead atoms. The van der Waals surface area contributed by atoms with Crippen LogP contribution in [-0.2, 0) is 0 Å². The van der Waals surface area contributed by atoms with Crippen LogP contribution >= 0.6 is 0 Å². The van der Waals surface area contributed by atoms with Crippen molar-refractivity contribution in [3.63, 3.8) is 0 Å². The molecule has 3 aromatic rings. The molecule has 8 heteroatoms. The van der Waals surface area contributed by atoms with Gasteiger partial charge in [-0.1, -0.05) is 23.8 Å². The van der Waals surface area contributed by atoms with Crippen molar-refractivity contribution in [2.75, 3.05) is 6.54 Å². The number of rotatable bonds is 4. The van der Waals surface area contributed by atoms with Crippen molar-refractivity contribution in [2.24, 2.45) is 5.10 Å². The van der Waals surface area contributed by atoms with E-state index in [1.165, 1.54) is 6.21 Å². The predicted molar refractivity (Wildman–Crippen MR) is 114 cm³/mol. The third-order valence-electron chi connectivity index (χ3n) is 5.29. The van der Waals surface area contributed by atoms with E-state index in [1.54, 1.807) is 18.3 Å². The number of hydrazone groups is 1. The van der Waals surface area contributed by atoms with Gasteiger partial charge in [-0.05, 0) is 49.9 Å². The number of hydrogen-bond acceptors (Lipinski definition) is 6. The zero-order chi connectivity index (χ0) is 21.1. The van der Waals surface area contributed by atoms with Gasteiger partial charge in [0.1, 0.15) is 5.56 Å². The van der Waals surface area contributed by atoms with E-state index >= 15 is 0 Å². The third kappa shape index (κ3) is 3.89. The lowest BCUT2D eigenvalue weighted by Gasteiger charge is -2.33. The van der Waals surface area contributed by atoms with Gasteiger partial charge in [0.2, 0.25) is 5.88 Å². The lowest BCUT2D eigenvalue weighted by molar-refractivity contribution is 0.156. The second-order valence-corrected chi connectivity index (χ2v) is 7.37. The third-order valence-corrected chi connectivity index (χ3v) is 5.29. The molecule has 0 spiro atoms. The van der Waals surface area contributed by atoms with Crippen molar-refractivity contribution < 1.29 is 5.11 Å². The highest BCUT2D eigenvalue weighted by Crippen LogP contribution is 2.30. The summed E-state index contributed by atoms with van der Waals surface area (Å²) in [5.74, 6) is -0.439. The Bertz CT molecular complexity index is 1170. The number of nitrogens with one attached hydrogen (secondary N) is 1. The average Bonchev–Trinajstić information content (AvgIpc) is 2.75. The Labute approximate surface area is 173 Å². The molecular weight excluding hydrogens is 382 g/mol. The summed E-state index contributed by atoms with van der Waals surface area (Å²) in [5.41, 5.74) is 1.08. The van der Waals surface area contributed by atoms with Gasteiger partial charge in [0.05, 0.1) is 17.9 Å². The van der Waals surface area contributed by atoms with Gasteiger partial charge < -0.3 is 5.11 Å². The fourth-order valence-electron chi connectivity index (χ4n) is 3.69. The number of piperidine rings is 1. The highest BCUT2D eigenvalue weighted by molar-refractivity contribution is 5.82. The number of hydrogen-bond donors (Lipinski definition) is 2. The van der Waals surface area contributed by atoms with Gasteiger partial charge in [0.15, 0.2) is 0 Å². The molecule has 8 nitrogen and oxygen atoms in total. The normalized spacial score (nSPS) is 16.8. The average molecular weight is 405 g/mol. The lowest BCUT2D eigenvalue weighted by atomic mass is 9.98. The van der Waals surface area contributed by atoms with Gasteiger partial charge in [0, 0.05) is 18.9 Å². The number of nitrogens with zero attached hydrogens (tertiary/aromatic N) is 4. The Morgan fingerprint density at radius 1 is 1.20 bits per heavy atom. The van der Waals surface area contributed by atoms with Gasteiger partial charge in [-0.25, -0.2) is 9.36 Å². The van der Waals surface area contributed by atoms with E-state index in [0.29, 0.717) is 5.69 Å². The molecule has 0 unspecified atom stereocenters. The Hall–Kier alpha value is -3.68. The van der Waals surface area contributed by atoms with Crippen molar-refractivity contribution in [2.45, 2.75) is 32.2 Å². The van der Waals surface area contributed by atoms with Crippen molar-refractivity contribution in [1.29, 1.82) is 0 Å². The molecule has 30 heavy (non-hydrogen) atoms. The summed E-state index contributed by atoms with van der Waals surface area (Å²) in [7, 11) is 0. The van der Waals surface area contributed by atoms with E-state index in [4.69, 9.17) is 0 Å². The zero-order valence-corrected chi connectivity index (χ0v) is 16.7. The maximum Gasteiger partial charge on any atom is 0.335 e. The van der Waals surface area contributed by atoms with Gasteiger partial charge in [-0.2, -0.15) is 5.10 Å². The highest BCUT2D eigenvalue weighted by atomic mass is 16.3. The molecule has 1 atom stereocenters. The van der Waals surface area contributed by atoms with Crippen LogP contribution in [0.1, 0.15) is 42.0 Å². The summed E-state index contributed by atoms with van der Waals surface area (Å²) < 4.78 is 1.07. The summed E-state index contributed by atoms with van der Waals surface area (Å²) in [5, 5.41) is 17.1. The van der Waals surface area contributed by atoms with Gasteiger partial charge in [-0.3, -0.25) is 19.8 Å². The molecule has 1 aliphatic heterocycles. The maximum atomic E-state index is 12.4. The molecule has 0 saturated carbocycles. The molecule has 0 amide bonds. The van der Waals surface area contributed by atoms with Crippen LogP contribution in [0.4, 0.5) is 0 Å². The summed E-state index contributed by atoms with van der Waals surface area (Å²) in [6.45, 7) is 2.65. The SMILES string of the molecule is Cc1ccc(-n2c(O)c(/C=N/N3CCCC[C@H]3c3cccnc3)c(=O)[nH]c2=O)cc1. The van der Waals surface area contributed by atoms with Crippen molar-refractivity contribution in [3.05, 3.63) is 86.3 Å². The first kappa shape index (κ1) is 19.6. The standard InChI is InChI=1S/C22H23N5O3/c1-15-7-9-17(10-8-15)27-21(29)18(20(28)25-22(27)30)14-24-26-12-3-2-6-19(26)16-5-4-11-23-13-16/h4-5,7-11,13-14,19,29H,2-3,6,12H2,1H3,(H,25,28,30)/b24-14+/t19-/m0/s1. The number of aromatic hydroxyl groups is 1. The number of pyridine rings is 1. The summed E-state index contributed by atoms with van der Waals surface area (Å²) in [6.07, 6.45) is 7.86. The Morgan fingerprint density at radius 2 is 2.00 bits per heavy atom. The van der Waals surface area contributed by atoms with Crippen LogP contribution in [0.25, 0.3) is 5.69 Å². The Kier molecular flexibility index (Phi) is 5.47. The maximum absolute atomic E-state index is 12.4. The molecule has 1 aromatic carbocycles.